The quantitative estimate of drug-likeness (QED) is 0.489. The molecule has 0 aromatic carbocycles. The fraction of sp³-hybridized carbons (Fsp3) is 0.667. The van der Waals surface area contributed by atoms with Gasteiger partial charge in [0.05, 0.1) is 6.04 Å². The monoisotopic (exact) mass is 347 g/mol. The van der Waals surface area contributed by atoms with Crippen LogP contribution in [0.25, 0.3) is 0 Å². The van der Waals surface area contributed by atoms with Gasteiger partial charge in [0.2, 0.25) is 5.28 Å². The lowest BCUT2D eigenvalue weighted by Crippen LogP contribution is -2.35. The van der Waals surface area contributed by atoms with E-state index in [1.54, 1.807) is 13.8 Å². The zero-order valence-corrected chi connectivity index (χ0v) is 13.4. The third-order valence-corrected chi connectivity index (χ3v) is 4.22. The number of nitrogen functional groups attached to an aromatic ring is 1. The Morgan fingerprint density at radius 3 is 2.68 bits per heavy atom. The summed E-state index contributed by atoms with van der Waals surface area (Å²) in [7, 11) is 0. The van der Waals surface area contributed by atoms with E-state index in [2.05, 4.69) is 20.5 Å². The third kappa shape index (κ3) is 2.71. The van der Waals surface area contributed by atoms with E-state index in [1.165, 1.54) is 0 Å². The number of fused-ring (bicyclic) bond motifs is 1. The van der Waals surface area contributed by atoms with Gasteiger partial charge >= 0.3 is 0 Å². The summed E-state index contributed by atoms with van der Waals surface area (Å²) < 4.78 is 11.6. The van der Waals surface area contributed by atoms with Crippen molar-refractivity contribution in [3.8, 4) is 0 Å². The molecule has 1 saturated carbocycles. The predicted octanol–water partition coefficient (Wildman–Crippen LogP) is 2.20. The smallest absolute Gasteiger partial charge is 0.225 e. The van der Waals surface area contributed by atoms with E-state index in [9.17, 15) is 4.91 Å². The van der Waals surface area contributed by atoms with E-state index >= 15 is 0 Å². The van der Waals surface area contributed by atoms with Crippen molar-refractivity contribution in [3.63, 3.8) is 0 Å². The van der Waals surface area contributed by atoms with E-state index in [-0.39, 0.29) is 28.3 Å². The van der Waals surface area contributed by atoms with Crippen LogP contribution in [0.3, 0.4) is 0 Å². The molecule has 120 valence electrons. The van der Waals surface area contributed by atoms with E-state index in [0.717, 1.165) is 0 Å². The minimum absolute atomic E-state index is 0.0229. The average molecular weight is 348 g/mol. The van der Waals surface area contributed by atoms with Gasteiger partial charge in [0.1, 0.15) is 23.9 Å². The maximum atomic E-state index is 11.0. The molecule has 1 aromatic rings. The van der Waals surface area contributed by atoms with Crippen LogP contribution in [0.2, 0.25) is 10.4 Å². The molecule has 8 nitrogen and oxygen atoms in total. The first kappa shape index (κ1) is 15.7. The molecule has 3 rings (SSSR count). The summed E-state index contributed by atoms with van der Waals surface area (Å²) >= 11 is 11.7. The predicted molar refractivity (Wildman–Crippen MR) is 81.9 cm³/mol. The average Bonchev–Trinajstić information content (AvgIpc) is 2.89. The molecule has 0 amide bonds. The highest BCUT2D eigenvalue weighted by atomic mass is 35.5. The lowest BCUT2D eigenvalue weighted by Gasteiger charge is -2.23. The first-order chi connectivity index (χ1) is 10.3. The molecule has 1 saturated heterocycles. The number of hydrogen-bond acceptors (Lipinski definition) is 8. The second-order valence-corrected chi connectivity index (χ2v) is 6.47. The molecule has 3 N–H and O–H groups in total. The van der Waals surface area contributed by atoms with Gasteiger partial charge in [-0.1, -0.05) is 16.8 Å². The van der Waals surface area contributed by atoms with Crippen LogP contribution < -0.4 is 11.1 Å². The van der Waals surface area contributed by atoms with Gasteiger partial charge in [0.25, 0.3) is 0 Å². The molecule has 0 unspecified atom stereocenters. The first-order valence-corrected chi connectivity index (χ1v) is 7.49. The Morgan fingerprint density at radius 1 is 1.32 bits per heavy atom. The molecular formula is C12H15Cl2N5O3. The fourth-order valence-corrected chi connectivity index (χ4v) is 3.28. The van der Waals surface area contributed by atoms with Gasteiger partial charge in [0.15, 0.2) is 16.8 Å². The van der Waals surface area contributed by atoms with Crippen molar-refractivity contribution >= 4 is 34.7 Å². The number of ether oxygens (including phenoxy) is 2. The van der Waals surface area contributed by atoms with E-state index in [4.69, 9.17) is 38.4 Å². The molecule has 0 radical (unpaired) electrons. The van der Waals surface area contributed by atoms with Gasteiger partial charge in [-0.05, 0) is 31.9 Å². The topological polar surface area (TPSA) is 112 Å². The zero-order chi connectivity index (χ0) is 16.1. The molecule has 4 atom stereocenters. The van der Waals surface area contributed by atoms with Crippen molar-refractivity contribution < 1.29 is 9.47 Å². The van der Waals surface area contributed by atoms with Crippen LogP contribution in [-0.4, -0.2) is 40.0 Å². The molecule has 22 heavy (non-hydrogen) atoms. The maximum absolute atomic E-state index is 11.0. The molecule has 1 aromatic heterocycles. The number of anilines is 2. The van der Waals surface area contributed by atoms with Crippen molar-refractivity contribution in [2.75, 3.05) is 11.1 Å². The summed E-state index contributed by atoms with van der Waals surface area (Å²) in [6.07, 6.45) is -0.309. The molecule has 2 fully saturated rings. The molecule has 1 aliphatic heterocycles. The van der Waals surface area contributed by atoms with E-state index < -0.39 is 17.9 Å². The Bertz CT molecular complexity index is 615. The highest BCUT2D eigenvalue weighted by Crippen LogP contribution is 2.41. The Morgan fingerprint density at radius 2 is 2.00 bits per heavy atom. The summed E-state index contributed by atoms with van der Waals surface area (Å²) in [5.74, 6) is -0.473. The van der Waals surface area contributed by atoms with Crippen LogP contribution >= 0.6 is 23.2 Å². The number of nitrogens with two attached hydrogens (primary N) is 1. The summed E-state index contributed by atoms with van der Waals surface area (Å²) in [6, 6.07) is -0.753. The van der Waals surface area contributed by atoms with Crippen molar-refractivity contribution in [2.24, 2.45) is 5.18 Å². The van der Waals surface area contributed by atoms with Gasteiger partial charge in [0, 0.05) is 0 Å². The molecule has 0 spiro atoms. The number of halogens is 2. The number of rotatable bonds is 3. The fourth-order valence-electron chi connectivity index (χ4n) is 2.90. The van der Waals surface area contributed by atoms with Gasteiger partial charge in [-0.3, -0.25) is 0 Å². The largest absolute Gasteiger partial charge is 0.393 e. The van der Waals surface area contributed by atoms with Crippen LogP contribution in [0.1, 0.15) is 20.3 Å². The highest BCUT2D eigenvalue weighted by Gasteiger charge is 2.55. The van der Waals surface area contributed by atoms with Crippen LogP contribution in [0, 0.1) is 4.91 Å². The number of nitrogens with zero attached hydrogens (tertiary/aromatic N) is 3. The second-order valence-electron chi connectivity index (χ2n) is 5.77. The summed E-state index contributed by atoms with van der Waals surface area (Å²) in [4.78, 5) is 18.8. The Hall–Kier alpha value is -1.22. The molecule has 1 aliphatic carbocycles. The van der Waals surface area contributed by atoms with E-state index in [0.29, 0.717) is 12.2 Å². The van der Waals surface area contributed by atoms with Crippen LogP contribution in [0.5, 0.6) is 0 Å². The SMILES string of the molecule is CC1(C)O[C@@H]2[C@H](O1)[C@@H](N=O)C[C@H]2Nc1nc(Cl)nc(Cl)c1N. The van der Waals surface area contributed by atoms with Crippen molar-refractivity contribution in [1.82, 2.24) is 9.97 Å². The standard InChI is InChI=1S/C12H15Cl2N5O3/c1-12(2)21-7-4(3-5(19-20)8(7)22-12)16-10-6(15)9(13)17-11(14)18-10/h4-5,7-8H,3,15H2,1-2H3,(H,16,17,18)/t4-,5+,7+,8-/m1/s1. The molecule has 10 heteroatoms. The van der Waals surface area contributed by atoms with Crippen LogP contribution in [0.15, 0.2) is 5.18 Å². The zero-order valence-electron chi connectivity index (χ0n) is 11.9. The highest BCUT2D eigenvalue weighted by molar-refractivity contribution is 6.34. The van der Waals surface area contributed by atoms with Crippen molar-refractivity contribution in [2.45, 2.75) is 50.3 Å². The number of aromatic nitrogens is 2. The normalized spacial score (nSPS) is 32.7. The lowest BCUT2D eigenvalue weighted by atomic mass is 10.2. The summed E-state index contributed by atoms with van der Waals surface area (Å²) in [5, 5.41) is 6.29. The third-order valence-electron chi connectivity index (χ3n) is 3.76. The van der Waals surface area contributed by atoms with Crippen LogP contribution in [0.4, 0.5) is 11.5 Å². The molecule has 0 bridgehead atoms. The Kier molecular flexibility index (Phi) is 3.88. The van der Waals surface area contributed by atoms with Gasteiger partial charge in [-0.25, -0.2) is 4.98 Å². The number of nitrogens with one attached hydrogen (secondary N) is 1. The molecule has 2 aliphatic rings. The van der Waals surface area contributed by atoms with Gasteiger partial charge in [-0.15, -0.1) is 0 Å². The maximum Gasteiger partial charge on any atom is 0.225 e. The van der Waals surface area contributed by atoms with Crippen molar-refractivity contribution in [1.29, 1.82) is 0 Å². The molecule has 2 heterocycles. The first-order valence-electron chi connectivity index (χ1n) is 6.74. The Balaban J connectivity index is 1.85. The molecular weight excluding hydrogens is 333 g/mol. The second kappa shape index (κ2) is 5.45. The number of hydrogen-bond donors (Lipinski definition) is 2. The lowest BCUT2D eigenvalue weighted by molar-refractivity contribution is -0.153. The van der Waals surface area contributed by atoms with Gasteiger partial charge < -0.3 is 20.5 Å². The minimum atomic E-state index is -0.773. The Labute approximate surface area is 136 Å². The minimum Gasteiger partial charge on any atom is -0.393 e. The van der Waals surface area contributed by atoms with Crippen LogP contribution in [-0.2, 0) is 9.47 Å². The summed E-state index contributed by atoms with van der Waals surface area (Å²) in [5.41, 5.74) is 6.04. The van der Waals surface area contributed by atoms with Gasteiger partial charge in [-0.2, -0.15) is 9.89 Å². The van der Waals surface area contributed by atoms with Crippen molar-refractivity contribution in [3.05, 3.63) is 15.3 Å². The van der Waals surface area contributed by atoms with E-state index in [1.807, 2.05) is 0 Å². The number of nitroso groups, excluding NO2 is 1. The summed E-state index contributed by atoms with van der Waals surface area (Å²) in [6.45, 7) is 3.58.